The van der Waals surface area contributed by atoms with Crippen molar-refractivity contribution in [2.24, 2.45) is 7.05 Å². The highest BCUT2D eigenvalue weighted by Gasteiger charge is 2.20. The summed E-state index contributed by atoms with van der Waals surface area (Å²) < 4.78 is 20.6. The first-order valence-corrected chi connectivity index (χ1v) is 7.85. The van der Waals surface area contributed by atoms with Crippen LogP contribution in [0.2, 0.25) is 0 Å². The fraction of sp³-hybridized carbons (Fsp3) is 0.211. The summed E-state index contributed by atoms with van der Waals surface area (Å²) in [5.74, 6) is -0.618. The maximum Gasteiger partial charge on any atom is 0.352 e. The number of rotatable bonds is 6. The van der Waals surface area contributed by atoms with Crippen molar-refractivity contribution in [3.63, 3.8) is 0 Å². The lowest BCUT2D eigenvalue weighted by molar-refractivity contribution is 0.0685. The second-order valence-corrected chi connectivity index (χ2v) is 5.77. The van der Waals surface area contributed by atoms with E-state index in [1.54, 1.807) is 43.0 Å². The SMILES string of the molecule is COc1ccc2c(CNCc3ccccc3F)c(C(=O)O)n(C)c2c1. The number of aromatic carboxylic acids is 1. The molecule has 0 aliphatic rings. The van der Waals surface area contributed by atoms with Crippen molar-refractivity contribution in [3.05, 3.63) is 65.1 Å². The van der Waals surface area contributed by atoms with Gasteiger partial charge in [0.25, 0.3) is 0 Å². The number of hydrogen-bond acceptors (Lipinski definition) is 3. The van der Waals surface area contributed by atoms with E-state index >= 15 is 0 Å². The Labute approximate surface area is 144 Å². The smallest absolute Gasteiger partial charge is 0.352 e. The van der Waals surface area contributed by atoms with E-state index in [9.17, 15) is 14.3 Å². The molecule has 0 fully saturated rings. The first-order chi connectivity index (χ1) is 12.0. The summed E-state index contributed by atoms with van der Waals surface area (Å²) >= 11 is 0. The summed E-state index contributed by atoms with van der Waals surface area (Å²) in [5.41, 5.74) is 2.20. The van der Waals surface area contributed by atoms with E-state index in [0.717, 1.165) is 10.9 Å². The molecule has 3 rings (SSSR count). The van der Waals surface area contributed by atoms with Gasteiger partial charge in [0.2, 0.25) is 0 Å². The number of methoxy groups -OCH3 is 1. The Balaban J connectivity index is 1.93. The molecule has 130 valence electrons. The van der Waals surface area contributed by atoms with Gasteiger partial charge in [0.05, 0.1) is 12.6 Å². The van der Waals surface area contributed by atoms with Gasteiger partial charge in [0.15, 0.2) is 0 Å². The lowest BCUT2D eigenvalue weighted by atomic mass is 10.1. The number of aryl methyl sites for hydroxylation is 1. The number of nitrogens with one attached hydrogen (secondary N) is 1. The monoisotopic (exact) mass is 342 g/mol. The fourth-order valence-electron chi connectivity index (χ4n) is 3.04. The average Bonchev–Trinajstić information content (AvgIpc) is 2.88. The van der Waals surface area contributed by atoms with E-state index in [-0.39, 0.29) is 11.5 Å². The molecule has 6 heteroatoms. The van der Waals surface area contributed by atoms with Crippen LogP contribution < -0.4 is 10.1 Å². The number of aromatic nitrogens is 1. The van der Waals surface area contributed by atoms with Crippen molar-refractivity contribution in [2.75, 3.05) is 7.11 Å². The standard InChI is InChI=1S/C19H19FN2O3/c1-22-17-9-13(25-2)7-8-14(17)15(18(22)19(23)24)11-21-10-12-5-3-4-6-16(12)20/h3-9,21H,10-11H2,1-2H3,(H,23,24). The first-order valence-electron chi connectivity index (χ1n) is 7.85. The Hall–Kier alpha value is -2.86. The molecule has 0 saturated heterocycles. The number of carboxylic acids is 1. The molecule has 0 unspecified atom stereocenters. The van der Waals surface area contributed by atoms with Crippen molar-refractivity contribution in [2.45, 2.75) is 13.1 Å². The van der Waals surface area contributed by atoms with Crippen molar-refractivity contribution in [1.29, 1.82) is 0 Å². The van der Waals surface area contributed by atoms with Crippen LogP contribution in [-0.4, -0.2) is 22.8 Å². The summed E-state index contributed by atoms with van der Waals surface area (Å²) in [6.07, 6.45) is 0. The van der Waals surface area contributed by atoms with Gasteiger partial charge in [-0.05, 0) is 18.2 Å². The maximum atomic E-state index is 13.7. The number of hydrogen-bond donors (Lipinski definition) is 2. The molecule has 0 radical (unpaired) electrons. The molecule has 0 bridgehead atoms. The largest absolute Gasteiger partial charge is 0.497 e. The zero-order chi connectivity index (χ0) is 18.0. The molecule has 0 aliphatic carbocycles. The number of benzene rings is 2. The number of halogens is 1. The molecule has 0 atom stereocenters. The second-order valence-electron chi connectivity index (χ2n) is 5.77. The average molecular weight is 342 g/mol. The molecule has 2 aromatic carbocycles. The van der Waals surface area contributed by atoms with Gasteiger partial charge in [0, 0.05) is 42.7 Å². The first kappa shape index (κ1) is 17.0. The lowest BCUT2D eigenvalue weighted by Gasteiger charge is -2.07. The van der Waals surface area contributed by atoms with Gasteiger partial charge < -0.3 is 19.7 Å². The molecule has 1 aromatic heterocycles. The van der Waals surface area contributed by atoms with E-state index in [1.807, 2.05) is 12.1 Å². The third kappa shape index (κ3) is 3.21. The Morgan fingerprint density at radius 3 is 2.68 bits per heavy atom. The van der Waals surface area contributed by atoms with Crippen LogP contribution in [0.5, 0.6) is 5.75 Å². The zero-order valence-electron chi connectivity index (χ0n) is 14.0. The molecular formula is C19H19FN2O3. The minimum atomic E-state index is -1.000. The predicted molar refractivity (Wildman–Crippen MR) is 93.4 cm³/mol. The third-order valence-electron chi connectivity index (χ3n) is 4.29. The number of carbonyl (C=O) groups is 1. The van der Waals surface area contributed by atoms with Crippen LogP contribution in [0, 0.1) is 5.82 Å². The summed E-state index contributed by atoms with van der Waals surface area (Å²) in [4.78, 5) is 11.7. The number of carboxylic acid groups (broad SMARTS) is 1. The van der Waals surface area contributed by atoms with Crippen LogP contribution in [0.4, 0.5) is 4.39 Å². The number of fused-ring (bicyclic) bond motifs is 1. The highest BCUT2D eigenvalue weighted by Crippen LogP contribution is 2.29. The number of ether oxygens (including phenoxy) is 1. The summed E-state index contributed by atoms with van der Waals surface area (Å²) in [6, 6.07) is 12.0. The van der Waals surface area contributed by atoms with Crippen LogP contribution in [0.25, 0.3) is 10.9 Å². The molecule has 0 aliphatic heterocycles. The molecule has 0 saturated carbocycles. The van der Waals surface area contributed by atoms with Crippen LogP contribution in [-0.2, 0) is 20.1 Å². The lowest BCUT2D eigenvalue weighted by Crippen LogP contribution is -2.16. The van der Waals surface area contributed by atoms with Crippen LogP contribution in [0.1, 0.15) is 21.6 Å². The Morgan fingerprint density at radius 1 is 1.24 bits per heavy atom. The molecule has 0 spiro atoms. The highest BCUT2D eigenvalue weighted by molar-refractivity contribution is 5.98. The molecule has 2 N–H and O–H groups in total. The quantitative estimate of drug-likeness (QED) is 0.721. The molecule has 3 aromatic rings. The fourth-order valence-corrected chi connectivity index (χ4v) is 3.04. The molecular weight excluding hydrogens is 323 g/mol. The van der Waals surface area contributed by atoms with Gasteiger partial charge in [-0.2, -0.15) is 0 Å². The van der Waals surface area contributed by atoms with Crippen LogP contribution in [0.3, 0.4) is 0 Å². The summed E-state index contributed by atoms with van der Waals surface area (Å²) in [5, 5.41) is 13.6. The van der Waals surface area contributed by atoms with Crippen molar-refractivity contribution < 1.29 is 19.0 Å². The Morgan fingerprint density at radius 2 is 2.00 bits per heavy atom. The minimum absolute atomic E-state index is 0.212. The van der Waals surface area contributed by atoms with E-state index in [2.05, 4.69) is 5.32 Å². The van der Waals surface area contributed by atoms with Crippen molar-refractivity contribution in [1.82, 2.24) is 9.88 Å². The maximum absolute atomic E-state index is 13.7. The predicted octanol–water partition coefficient (Wildman–Crippen LogP) is 3.31. The minimum Gasteiger partial charge on any atom is -0.497 e. The second kappa shape index (κ2) is 6.94. The van der Waals surface area contributed by atoms with Gasteiger partial charge in [-0.1, -0.05) is 18.2 Å². The van der Waals surface area contributed by atoms with E-state index in [4.69, 9.17) is 4.74 Å². The molecule has 5 nitrogen and oxygen atoms in total. The van der Waals surface area contributed by atoms with Gasteiger partial charge in [0.1, 0.15) is 17.3 Å². The van der Waals surface area contributed by atoms with Crippen LogP contribution in [0.15, 0.2) is 42.5 Å². The normalized spacial score (nSPS) is 11.0. The zero-order valence-corrected chi connectivity index (χ0v) is 14.0. The van der Waals surface area contributed by atoms with Crippen molar-refractivity contribution >= 4 is 16.9 Å². The Kier molecular flexibility index (Phi) is 4.72. The van der Waals surface area contributed by atoms with Gasteiger partial charge in [-0.3, -0.25) is 0 Å². The number of nitrogens with zero attached hydrogens (tertiary/aromatic N) is 1. The summed E-state index contributed by atoms with van der Waals surface area (Å²) in [7, 11) is 3.28. The molecule has 1 heterocycles. The van der Waals surface area contributed by atoms with Gasteiger partial charge in [-0.15, -0.1) is 0 Å². The molecule has 25 heavy (non-hydrogen) atoms. The summed E-state index contributed by atoms with van der Waals surface area (Å²) in [6.45, 7) is 0.637. The Bertz CT molecular complexity index is 934. The van der Waals surface area contributed by atoms with Crippen molar-refractivity contribution in [3.8, 4) is 5.75 Å². The third-order valence-corrected chi connectivity index (χ3v) is 4.29. The highest BCUT2D eigenvalue weighted by atomic mass is 19.1. The van der Waals surface area contributed by atoms with Gasteiger partial charge in [-0.25, -0.2) is 9.18 Å². The topological polar surface area (TPSA) is 63.5 Å². The molecule has 0 amide bonds. The van der Waals surface area contributed by atoms with E-state index < -0.39 is 5.97 Å². The van der Waals surface area contributed by atoms with E-state index in [1.165, 1.54) is 6.07 Å². The van der Waals surface area contributed by atoms with Crippen LogP contribution >= 0.6 is 0 Å². The van der Waals surface area contributed by atoms with Gasteiger partial charge >= 0.3 is 5.97 Å². The van der Waals surface area contributed by atoms with E-state index in [0.29, 0.717) is 30.0 Å².